The lowest BCUT2D eigenvalue weighted by molar-refractivity contribution is -0.145. The average Bonchev–Trinajstić information content (AvgIpc) is 2.93. The van der Waals surface area contributed by atoms with Gasteiger partial charge in [0.15, 0.2) is 0 Å². The molecule has 1 fully saturated rings. The Morgan fingerprint density at radius 3 is 2.67 bits per heavy atom. The molecule has 1 aliphatic rings. The third-order valence-corrected chi connectivity index (χ3v) is 3.91. The van der Waals surface area contributed by atoms with Crippen LogP contribution in [0.3, 0.4) is 0 Å². The number of amides is 1. The number of benzene rings is 1. The molecule has 0 bridgehead atoms. The number of carbonyl (C=O) groups excluding carboxylic acids is 2. The molecule has 0 aromatic heterocycles. The molecular weight excluding hydrogens is 268 g/mol. The minimum Gasteiger partial charge on any atom is -0.467 e. The molecule has 2 atom stereocenters. The maximum atomic E-state index is 12.3. The average molecular weight is 290 g/mol. The van der Waals surface area contributed by atoms with Crippen LogP contribution in [0, 0.1) is 0 Å². The second-order valence-corrected chi connectivity index (χ2v) is 5.41. The van der Waals surface area contributed by atoms with E-state index in [0.717, 1.165) is 24.9 Å². The van der Waals surface area contributed by atoms with Crippen molar-refractivity contribution in [2.75, 3.05) is 20.7 Å². The van der Waals surface area contributed by atoms with Crippen molar-refractivity contribution in [2.24, 2.45) is 0 Å². The molecule has 1 amide bonds. The van der Waals surface area contributed by atoms with Crippen molar-refractivity contribution in [3.05, 3.63) is 35.9 Å². The van der Waals surface area contributed by atoms with Crippen LogP contribution >= 0.6 is 0 Å². The summed E-state index contributed by atoms with van der Waals surface area (Å²) in [6.45, 7) is 0.916. The first-order valence-electron chi connectivity index (χ1n) is 7.24. The number of esters is 1. The number of likely N-dealkylation sites (tertiary alicyclic amines) is 1. The molecule has 1 aliphatic heterocycles. The lowest BCUT2D eigenvalue weighted by Crippen LogP contribution is -2.49. The molecule has 0 aliphatic carbocycles. The Morgan fingerprint density at radius 2 is 2.10 bits per heavy atom. The molecule has 2 rings (SSSR count). The number of likely N-dealkylation sites (N-methyl/N-ethyl adjacent to an activating group) is 1. The van der Waals surface area contributed by atoms with Crippen LogP contribution < -0.4 is 5.32 Å². The minimum absolute atomic E-state index is 0.0960. The van der Waals surface area contributed by atoms with E-state index in [9.17, 15) is 9.59 Å². The first kappa shape index (κ1) is 15.5. The van der Waals surface area contributed by atoms with Crippen LogP contribution in [-0.4, -0.2) is 49.6 Å². The van der Waals surface area contributed by atoms with Gasteiger partial charge < -0.3 is 10.1 Å². The van der Waals surface area contributed by atoms with Crippen molar-refractivity contribution in [3.8, 4) is 0 Å². The number of hydrogen-bond acceptors (Lipinski definition) is 4. The van der Waals surface area contributed by atoms with Crippen molar-refractivity contribution in [3.63, 3.8) is 0 Å². The van der Waals surface area contributed by atoms with Gasteiger partial charge >= 0.3 is 5.97 Å². The lowest BCUT2D eigenvalue weighted by atomic mass is 10.1. The summed E-state index contributed by atoms with van der Waals surface area (Å²) in [5.41, 5.74) is 0.993. The number of carbonyl (C=O) groups is 2. The summed E-state index contributed by atoms with van der Waals surface area (Å²) in [4.78, 5) is 26.2. The molecule has 0 unspecified atom stereocenters. The van der Waals surface area contributed by atoms with E-state index in [2.05, 4.69) is 5.32 Å². The molecule has 1 aromatic rings. The van der Waals surface area contributed by atoms with Gasteiger partial charge in [0, 0.05) is 6.42 Å². The summed E-state index contributed by atoms with van der Waals surface area (Å²) in [5.74, 6) is -0.505. The lowest BCUT2D eigenvalue weighted by Gasteiger charge is -2.22. The number of nitrogens with zero attached hydrogens (tertiary/aromatic N) is 1. The van der Waals surface area contributed by atoms with Crippen molar-refractivity contribution >= 4 is 11.9 Å². The molecule has 0 spiro atoms. The van der Waals surface area contributed by atoms with E-state index in [0.29, 0.717) is 6.42 Å². The monoisotopic (exact) mass is 290 g/mol. The fraction of sp³-hybridized carbons (Fsp3) is 0.500. The first-order valence-corrected chi connectivity index (χ1v) is 7.24. The third-order valence-electron chi connectivity index (χ3n) is 3.91. The molecule has 0 saturated carbocycles. The van der Waals surface area contributed by atoms with Crippen LogP contribution in [0.5, 0.6) is 0 Å². The predicted molar refractivity (Wildman–Crippen MR) is 79.7 cm³/mol. The number of rotatable bonds is 5. The molecule has 1 heterocycles. The predicted octanol–water partition coefficient (Wildman–Crippen LogP) is 0.981. The van der Waals surface area contributed by atoms with Crippen LogP contribution in [0.25, 0.3) is 0 Å². The number of ether oxygens (including phenoxy) is 1. The highest BCUT2D eigenvalue weighted by Gasteiger charge is 2.31. The van der Waals surface area contributed by atoms with Crippen LogP contribution in [-0.2, 0) is 20.7 Å². The van der Waals surface area contributed by atoms with E-state index in [-0.39, 0.29) is 11.9 Å². The molecule has 5 heteroatoms. The van der Waals surface area contributed by atoms with Crippen LogP contribution in [0.15, 0.2) is 30.3 Å². The van der Waals surface area contributed by atoms with Crippen LogP contribution in [0.4, 0.5) is 0 Å². The number of nitrogens with one attached hydrogen (secondary N) is 1. The fourth-order valence-electron chi connectivity index (χ4n) is 2.69. The smallest absolute Gasteiger partial charge is 0.328 e. The fourth-order valence-corrected chi connectivity index (χ4v) is 2.69. The van der Waals surface area contributed by atoms with Gasteiger partial charge in [0.25, 0.3) is 0 Å². The van der Waals surface area contributed by atoms with E-state index in [1.807, 2.05) is 42.3 Å². The van der Waals surface area contributed by atoms with E-state index >= 15 is 0 Å². The van der Waals surface area contributed by atoms with Crippen LogP contribution in [0.1, 0.15) is 18.4 Å². The highest BCUT2D eigenvalue weighted by Crippen LogP contribution is 2.15. The van der Waals surface area contributed by atoms with Crippen molar-refractivity contribution in [2.45, 2.75) is 31.3 Å². The summed E-state index contributed by atoms with van der Waals surface area (Å²) >= 11 is 0. The number of methoxy groups -OCH3 is 1. The molecule has 1 aromatic carbocycles. The van der Waals surface area contributed by atoms with Gasteiger partial charge in [0.2, 0.25) is 5.91 Å². The van der Waals surface area contributed by atoms with Gasteiger partial charge in [-0.05, 0) is 32.0 Å². The van der Waals surface area contributed by atoms with E-state index in [1.165, 1.54) is 7.11 Å². The largest absolute Gasteiger partial charge is 0.467 e. The zero-order valence-corrected chi connectivity index (χ0v) is 12.5. The summed E-state index contributed by atoms with van der Waals surface area (Å²) in [6.07, 6.45) is 2.29. The van der Waals surface area contributed by atoms with Gasteiger partial charge in [-0.25, -0.2) is 4.79 Å². The Hall–Kier alpha value is -1.88. The molecule has 1 N–H and O–H groups in total. The van der Waals surface area contributed by atoms with E-state index in [4.69, 9.17) is 4.74 Å². The quantitative estimate of drug-likeness (QED) is 0.821. The zero-order chi connectivity index (χ0) is 15.2. The van der Waals surface area contributed by atoms with Gasteiger partial charge in [0.05, 0.1) is 13.2 Å². The molecule has 1 saturated heterocycles. The summed E-state index contributed by atoms with van der Waals surface area (Å²) in [7, 11) is 3.27. The molecule has 21 heavy (non-hydrogen) atoms. The van der Waals surface area contributed by atoms with Gasteiger partial charge in [-0.3, -0.25) is 9.69 Å². The highest BCUT2D eigenvalue weighted by molar-refractivity contribution is 5.87. The maximum absolute atomic E-state index is 12.3. The molecule has 114 valence electrons. The SMILES string of the molecule is COC(=O)[C@H](Cc1ccccc1)NC(=O)[C@H]1CCCN1C. The minimum atomic E-state index is -0.640. The van der Waals surface area contributed by atoms with Gasteiger partial charge in [0.1, 0.15) is 6.04 Å². The molecule has 0 radical (unpaired) electrons. The first-order chi connectivity index (χ1) is 10.1. The highest BCUT2D eigenvalue weighted by atomic mass is 16.5. The summed E-state index contributed by atoms with van der Waals surface area (Å²) in [6, 6.07) is 8.83. The van der Waals surface area contributed by atoms with Crippen LogP contribution in [0.2, 0.25) is 0 Å². The zero-order valence-electron chi connectivity index (χ0n) is 12.5. The van der Waals surface area contributed by atoms with E-state index in [1.54, 1.807) is 0 Å². The second kappa shape index (κ2) is 7.22. The van der Waals surface area contributed by atoms with Gasteiger partial charge in [-0.1, -0.05) is 30.3 Å². The molecule has 5 nitrogen and oxygen atoms in total. The number of hydrogen-bond donors (Lipinski definition) is 1. The summed E-state index contributed by atoms with van der Waals surface area (Å²) in [5, 5.41) is 2.83. The summed E-state index contributed by atoms with van der Waals surface area (Å²) < 4.78 is 4.81. The maximum Gasteiger partial charge on any atom is 0.328 e. The Labute approximate surface area is 125 Å². The molecular formula is C16H22N2O3. The van der Waals surface area contributed by atoms with E-state index < -0.39 is 12.0 Å². The topological polar surface area (TPSA) is 58.6 Å². The second-order valence-electron chi connectivity index (χ2n) is 5.41. The Morgan fingerprint density at radius 1 is 1.38 bits per heavy atom. The van der Waals surface area contributed by atoms with Crippen molar-refractivity contribution in [1.82, 2.24) is 10.2 Å². The van der Waals surface area contributed by atoms with Crippen molar-refractivity contribution < 1.29 is 14.3 Å². The Bertz CT molecular complexity index is 490. The third kappa shape index (κ3) is 4.04. The van der Waals surface area contributed by atoms with Gasteiger partial charge in [-0.2, -0.15) is 0 Å². The van der Waals surface area contributed by atoms with Crippen molar-refractivity contribution in [1.29, 1.82) is 0 Å². The van der Waals surface area contributed by atoms with Gasteiger partial charge in [-0.15, -0.1) is 0 Å². The standard InChI is InChI=1S/C16H22N2O3/c1-18-10-6-9-14(18)15(19)17-13(16(20)21-2)11-12-7-4-3-5-8-12/h3-5,7-8,13-14H,6,9-11H2,1-2H3,(H,17,19)/t13-,14+/m0/s1. The normalized spacial score (nSPS) is 20.0. The Balaban J connectivity index is 2.02. The Kier molecular flexibility index (Phi) is 5.33.